The molecule has 0 atom stereocenters. The number of aromatic nitrogens is 5. The topological polar surface area (TPSA) is 79.4 Å². The summed E-state index contributed by atoms with van der Waals surface area (Å²) >= 11 is 6.08. The van der Waals surface area contributed by atoms with Gasteiger partial charge in [-0.05, 0) is 30.7 Å². The van der Waals surface area contributed by atoms with Crippen molar-refractivity contribution < 1.29 is 18.3 Å². The van der Waals surface area contributed by atoms with Crippen LogP contribution < -0.4 is 4.90 Å². The molecule has 3 aromatic heterocycles. The number of alkyl halides is 3. The van der Waals surface area contributed by atoms with Crippen LogP contribution in [-0.2, 0) is 6.18 Å². The maximum Gasteiger partial charge on any atom is 0.453 e. The van der Waals surface area contributed by atoms with Gasteiger partial charge >= 0.3 is 6.18 Å². The van der Waals surface area contributed by atoms with Gasteiger partial charge in [0.05, 0.1) is 17.3 Å². The molecule has 0 spiro atoms. The van der Waals surface area contributed by atoms with Gasteiger partial charge in [0.2, 0.25) is 0 Å². The minimum absolute atomic E-state index is 0.152. The third kappa shape index (κ3) is 2.94. The summed E-state index contributed by atoms with van der Waals surface area (Å²) in [7, 11) is 0. The Bertz CT molecular complexity index is 1300. The summed E-state index contributed by atoms with van der Waals surface area (Å²) in [6.07, 6.45) is -3.66. The van der Waals surface area contributed by atoms with Gasteiger partial charge < -0.3 is 10.0 Å². The van der Waals surface area contributed by atoms with Gasteiger partial charge in [0.15, 0.2) is 0 Å². The number of hydrogen-bond acceptors (Lipinski definition) is 6. The summed E-state index contributed by atoms with van der Waals surface area (Å²) in [6.45, 7) is 2.24. The van der Waals surface area contributed by atoms with Gasteiger partial charge in [-0.25, -0.2) is 4.98 Å². The number of nitrogens with zero attached hydrogens (tertiary/aromatic N) is 6. The molecule has 1 aliphatic rings. The standard InChI is InChI=1S/C19H14ClF3N6O/c1-9-15(13-4-5-24-14-6-10(20)2-3-12(13)14)16(28-7-11(30)8-28)29-18(25-9)26-17(27-29)19(21,22)23/h2-6,11,30H,7-8H2,1H3. The highest BCUT2D eigenvalue weighted by atomic mass is 35.5. The Kier molecular flexibility index (Phi) is 4.13. The fourth-order valence-corrected chi connectivity index (χ4v) is 3.85. The highest BCUT2D eigenvalue weighted by Gasteiger charge is 2.38. The third-order valence-electron chi connectivity index (χ3n) is 5.03. The molecule has 11 heteroatoms. The van der Waals surface area contributed by atoms with Gasteiger partial charge in [-0.2, -0.15) is 22.7 Å². The van der Waals surface area contributed by atoms with Gasteiger partial charge in [0.1, 0.15) is 5.82 Å². The van der Waals surface area contributed by atoms with E-state index >= 15 is 0 Å². The second-order valence-electron chi connectivity index (χ2n) is 7.12. The van der Waals surface area contributed by atoms with Crippen molar-refractivity contribution in [1.82, 2.24) is 24.6 Å². The molecule has 0 radical (unpaired) electrons. The van der Waals surface area contributed by atoms with Crippen LogP contribution in [0, 0.1) is 6.92 Å². The molecule has 1 fully saturated rings. The summed E-state index contributed by atoms with van der Waals surface area (Å²) in [5.41, 5.74) is 2.46. The van der Waals surface area contributed by atoms with E-state index in [0.717, 1.165) is 15.5 Å². The first-order chi connectivity index (χ1) is 14.2. The Balaban J connectivity index is 1.84. The number of aliphatic hydroxyl groups is 1. The monoisotopic (exact) mass is 434 g/mol. The van der Waals surface area contributed by atoms with Crippen molar-refractivity contribution in [3.8, 4) is 11.1 Å². The number of hydrogen-bond donors (Lipinski definition) is 1. The molecule has 1 N–H and O–H groups in total. The Morgan fingerprint density at radius 1 is 1.17 bits per heavy atom. The minimum Gasteiger partial charge on any atom is -0.389 e. The molecule has 0 bridgehead atoms. The molecule has 1 saturated heterocycles. The molecule has 0 aliphatic carbocycles. The van der Waals surface area contributed by atoms with Crippen LogP contribution in [0.2, 0.25) is 5.02 Å². The lowest BCUT2D eigenvalue weighted by Gasteiger charge is -2.38. The van der Waals surface area contributed by atoms with Crippen LogP contribution in [0.15, 0.2) is 30.5 Å². The Morgan fingerprint density at radius 2 is 1.93 bits per heavy atom. The summed E-state index contributed by atoms with van der Waals surface area (Å²) in [5, 5.41) is 14.8. The number of anilines is 1. The molecule has 0 unspecified atom stereocenters. The van der Waals surface area contributed by atoms with Crippen molar-refractivity contribution >= 4 is 34.1 Å². The van der Waals surface area contributed by atoms with E-state index in [1.165, 1.54) is 0 Å². The lowest BCUT2D eigenvalue weighted by molar-refractivity contribution is -0.144. The SMILES string of the molecule is Cc1nc2nc(C(F)(F)F)nn2c(N2CC(O)C2)c1-c1ccnc2cc(Cl)ccc12. The van der Waals surface area contributed by atoms with Gasteiger partial charge in [0.25, 0.3) is 11.6 Å². The third-order valence-corrected chi connectivity index (χ3v) is 5.27. The van der Waals surface area contributed by atoms with Crippen LogP contribution in [0.3, 0.4) is 0 Å². The van der Waals surface area contributed by atoms with Crippen molar-refractivity contribution in [2.24, 2.45) is 0 Å². The van der Waals surface area contributed by atoms with E-state index in [1.807, 2.05) is 0 Å². The summed E-state index contributed by atoms with van der Waals surface area (Å²) < 4.78 is 40.8. The largest absolute Gasteiger partial charge is 0.453 e. The number of aryl methyl sites for hydroxylation is 1. The smallest absolute Gasteiger partial charge is 0.389 e. The Hall–Kier alpha value is -2.98. The first-order valence-electron chi connectivity index (χ1n) is 9.04. The first kappa shape index (κ1) is 19.0. The zero-order valence-electron chi connectivity index (χ0n) is 15.5. The summed E-state index contributed by atoms with van der Waals surface area (Å²) in [6, 6.07) is 7.01. The van der Waals surface area contributed by atoms with Crippen LogP contribution in [-0.4, -0.2) is 48.9 Å². The van der Waals surface area contributed by atoms with Crippen molar-refractivity contribution in [3.05, 3.63) is 47.0 Å². The predicted octanol–water partition coefficient (Wildman–Crippen LogP) is 3.50. The van der Waals surface area contributed by atoms with E-state index in [-0.39, 0.29) is 18.9 Å². The molecule has 4 heterocycles. The van der Waals surface area contributed by atoms with Gasteiger partial charge in [-0.15, -0.1) is 5.10 Å². The second-order valence-corrected chi connectivity index (χ2v) is 7.56. The number of benzene rings is 1. The van der Waals surface area contributed by atoms with Crippen molar-refractivity contribution in [2.75, 3.05) is 18.0 Å². The maximum atomic E-state index is 13.2. The van der Waals surface area contributed by atoms with E-state index in [0.29, 0.717) is 27.6 Å². The minimum atomic E-state index is -4.70. The quantitative estimate of drug-likeness (QED) is 0.520. The molecule has 4 aromatic rings. The number of halogens is 4. The van der Waals surface area contributed by atoms with Gasteiger partial charge in [0, 0.05) is 35.3 Å². The molecule has 0 saturated carbocycles. The number of aliphatic hydroxyl groups excluding tert-OH is 1. The van der Waals surface area contributed by atoms with E-state index in [4.69, 9.17) is 11.6 Å². The number of fused-ring (bicyclic) bond motifs is 2. The molecule has 1 aromatic carbocycles. The van der Waals surface area contributed by atoms with Crippen molar-refractivity contribution in [1.29, 1.82) is 0 Å². The lowest BCUT2D eigenvalue weighted by Crippen LogP contribution is -2.51. The van der Waals surface area contributed by atoms with Crippen LogP contribution in [0.1, 0.15) is 11.5 Å². The molecule has 30 heavy (non-hydrogen) atoms. The van der Waals surface area contributed by atoms with Gasteiger partial charge in [-0.1, -0.05) is 17.7 Å². The number of β-amino-alcohol motifs (C(OH)–C–C–N with tert-alkyl or cyclic N) is 1. The fraction of sp³-hybridized carbons (Fsp3) is 0.263. The Morgan fingerprint density at radius 3 is 2.63 bits per heavy atom. The average Bonchev–Trinajstić information content (AvgIpc) is 3.08. The van der Waals surface area contributed by atoms with Crippen LogP contribution in [0.5, 0.6) is 0 Å². The summed E-state index contributed by atoms with van der Waals surface area (Å²) in [5.74, 6) is -1.02. The van der Waals surface area contributed by atoms with E-state index in [9.17, 15) is 18.3 Å². The zero-order chi connectivity index (χ0) is 21.2. The molecular weight excluding hydrogens is 421 g/mol. The van der Waals surface area contributed by atoms with Gasteiger partial charge in [-0.3, -0.25) is 4.98 Å². The van der Waals surface area contributed by atoms with Crippen LogP contribution in [0.25, 0.3) is 27.8 Å². The fourth-order valence-electron chi connectivity index (χ4n) is 3.69. The van der Waals surface area contributed by atoms with Crippen molar-refractivity contribution in [2.45, 2.75) is 19.2 Å². The molecule has 1 aliphatic heterocycles. The zero-order valence-corrected chi connectivity index (χ0v) is 16.3. The van der Waals surface area contributed by atoms with Crippen LogP contribution >= 0.6 is 11.6 Å². The predicted molar refractivity (Wildman–Crippen MR) is 104 cm³/mol. The molecule has 7 nitrogen and oxygen atoms in total. The molecular formula is C19H14ClF3N6O. The maximum absolute atomic E-state index is 13.2. The van der Waals surface area contributed by atoms with E-state index in [1.54, 1.807) is 42.3 Å². The van der Waals surface area contributed by atoms with E-state index in [2.05, 4.69) is 20.1 Å². The van der Waals surface area contributed by atoms with E-state index < -0.39 is 18.1 Å². The first-order valence-corrected chi connectivity index (χ1v) is 9.42. The van der Waals surface area contributed by atoms with Crippen LogP contribution in [0.4, 0.5) is 19.0 Å². The lowest BCUT2D eigenvalue weighted by atomic mass is 9.99. The highest BCUT2D eigenvalue weighted by molar-refractivity contribution is 6.31. The summed E-state index contributed by atoms with van der Waals surface area (Å²) in [4.78, 5) is 14.0. The number of rotatable bonds is 2. The highest BCUT2D eigenvalue weighted by Crippen LogP contribution is 2.39. The molecule has 0 amide bonds. The average molecular weight is 435 g/mol. The molecule has 154 valence electrons. The number of pyridine rings is 1. The normalized spacial score (nSPS) is 15.2. The molecule has 5 rings (SSSR count). The Labute approximate surface area is 172 Å². The second kappa shape index (κ2) is 6.51. The van der Waals surface area contributed by atoms with Crippen molar-refractivity contribution in [3.63, 3.8) is 0 Å².